The van der Waals surface area contributed by atoms with Gasteiger partial charge < -0.3 is 0 Å². The van der Waals surface area contributed by atoms with Crippen molar-refractivity contribution in [2.24, 2.45) is 0 Å². The van der Waals surface area contributed by atoms with Crippen molar-refractivity contribution < 1.29 is 0 Å². The molecule has 8 bridgehead atoms. The van der Waals surface area contributed by atoms with Gasteiger partial charge in [-0.25, -0.2) is 0 Å². The SMILES string of the molecule is C[N+](C)(c1cc2ccc1CCc1ccc(cc1)CC2)c1cc2ccc1CCc1ccc(cc1)CC2. The predicted molar refractivity (Wildman–Crippen MR) is 149 cm³/mol. The zero-order valence-electron chi connectivity index (χ0n) is 21.2. The normalized spacial score (nSPS) is 15.4. The molecule has 0 fully saturated rings. The zero-order chi connectivity index (χ0) is 23.8. The van der Waals surface area contributed by atoms with E-state index < -0.39 is 0 Å². The minimum Gasteiger partial charge on any atom is -0.263 e. The van der Waals surface area contributed by atoms with Gasteiger partial charge in [0.25, 0.3) is 0 Å². The van der Waals surface area contributed by atoms with Crippen LogP contribution >= 0.6 is 0 Å². The largest absolute Gasteiger partial charge is 0.263 e. The third-order valence-electron chi connectivity index (χ3n) is 8.32. The first-order valence-corrected chi connectivity index (χ1v) is 13.3. The van der Waals surface area contributed by atoms with E-state index in [2.05, 4.69) is 99.0 Å². The Bertz CT molecular complexity index is 1240. The first kappa shape index (κ1) is 22.3. The minimum absolute atomic E-state index is 0.807. The van der Waals surface area contributed by atoms with Gasteiger partial charge in [-0.05, 0) is 84.7 Å². The second-order valence-corrected chi connectivity index (χ2v) is 11.0. The van der Waals surface area contributed by atoms with Gasteiger partial charge >= 0.3 is 0 Å². The van der Waals surface area contributed by atoms with Gasteiger partial charge in [-0.1, -0.05) is 72.8 Å². The molecule has 8 aliphatic carbocycles. The highest BCUT2D eigenvalue weighted by Gasteiger charge is 2.29. The van der Waals surface area contributed by atoms with Crippen LogP contribution in [0.4, 0.5) is 11.4 Å². The molecule has 0 heterocycles. The third kappa shape index (κ3) is 4.58. The Hall–Kier alpha value is -3.16. The molecule has 0 spiro atoms. The van der Waals surface area contributed by atoms with E-state index in [1.807, 2.05) is 0 Å². The van der Waals surface area contributed by atoms with Crippen LogP contribution in [0, 0.1) is 0 Å². The van der Waals surface area contributed by atoms with Crippen LogP contribution in [-0.2, 0) is 51.4 Å². The Labute approximate surface area is 210 Å². The van der Waals surface area contributed by atoms with Gasteiger partial charge in [-0.3, -0.25) is 4.48 Å². The van der Waals surface area contributed by atoms with Crippen molar-refractivity contribution in [1.29, 1.82) is 0 Å². The summed E-state index contributed by atoms with van der Waals surface area (Å²) in [6.07, 6.45) is 8.74. The minimum atomic E-state index is 0.807. The molecule has 0 unspecified atom stereocenters. The van der Waals surface area contributed by atoms with Gasteiger partial charge in [0.05, 0.1) is 14.1 Å². The van der Waals surface area contributed by atoms with E-state index >= 15 is 0 Å². The first-order valence-electron chi connectivity index (χ1n) is 13.3. The summed E-state index contributed by atoms with van der Waals surface area (Å²) in [4.78, 5) is 0. The Morgan fingerprint density at radius 1 is 0.371 bits per heavy atom. The van der Waals surface area contributed by atoms with E-state index in [4.69, 9.17) is 0 Å². The summed E-state index contributed by atoms with van der Waals surface area (Å²) in [6, 6.07) is 33.2. The lowest BCUT2D eigenvalue weighted by atomic mass is 9.92. The summed E-state index contributed by atoms with van der Waals surface area (Å²) in [5.74, 6) is 0. The summed E-state index contributed by atoms with van der Waals surface area (Å²) in [7, 11) is 4.81. The van der Waals surface area contributed by atoms with E-state index in [0.717, 1.165) is 55.8 Å². The van der Waals surface area contributed by atoms with E-state index in [9.17, 15) is 0 Å². The Morgan fingerprint density at radius 3 is 1.03 bits per heavy atom. The molecule has 0 aliphatic heterocycles. The molecule has 176 valence electrons. The van der Waals surface area contributed by atoms with Crippen LogP contribution in [0.25, 0.3) is 0 Å². The summed E-state index contributed by atoms with van der Waals surface area (Å²) in [5.41, 5.74) is 14.6. The lowest BCUT2D eigenvalue weighted by Gasteiger charge is -2.33. The number of aryl methyl sites for hydroxylation is 8. The quantitative estimate of drug-likeness (QED) is 0.275. The van der Waals surface area contributed by atoms with Gasteiger partial charge in [0, 0.05) is 23.3 Å². The number of rotatable bonds is 2. The predicted octanol–water partition coefficient (Wildman–Crippen LogP) is 7.35. The van der Waals surface area contributed by atoms with Gasteiger partial charge in [0.1, 0.15) is 11.4 Å². The van der Waals surface area contributed by atoms with Crippen molar-refractivity contribution in [3.05, 3.63) is 129 Å². The summed E-state index contributed by atoms with van der Waals surface area (Å²) in [6.45, 7) is 0. The fourth-order valence-electron chi connectivity index (χ4n) is 6.00. The van der Waals surface area contributed by atoms with Crippen molar-refractivity contribution >= 4 is 11.4 Å². The van der Waals surface area contributed by atoms with Crippen LogP contribution in [0.3, 0.4) is 0 Å². The van der Waals surface area contributed by atoms with E-state index in [0.29, 0.717) is 0 Å². The fraction of sp³-hybridized carbons (Fsp3) is 0.294. The van der Waals surface area contributed by atoms with E-state index in [-0.39, 0.29) is 0 Å². The molecule has 0 saturated carbocycles. The molecule has 0 amide bonds. The first-order chi connectivity index (χ1) is 17.0. The fourth-order valence-corrected chi connectivity index (χ4v) is 6.00. The van der Waals surface area contributed by atoms with Crippen LogP contribution in [0.15, 0.2) is 84.9 Å². The van der Waals surface area contributed by atoms with Crippen LogP contribution in [-0.4, -0.2) is 14.1 Å². The Balaban J connectivity index is 1.42. The summed E-state index contributed by atoms with van der Waals surface area (Å²) in [5, 5.41) is 0. The Morgan fingerprint density at radius 2 is 0.657 bits per heavy atom. The molecule has 0 atom stereocenters. The molecule has 4 aromatic rings. The van der Waals surface area contributed by atoms with Gasteiger partial charge in [-0.15, -0.1) is 0 Å². The van der Waals surface area contributed by atoms with Crippen LogP contribution in [0.2, 0.25) is 0 Å². The molecule has 8 aliphatic rings. The highest BCUT2D eigenvalue weighted by Crippen LogP contribution is 2.39. The summed E-state index contributed by atoms with van der Waals surface area (Å²) < 4.78 is 0.807. The zero-order valence-corrected chi connectivity index (χ0v) is 21.2. The molecule has 35 heavy (non-hydrogen) atoms. The molecule has 4 aromatic carbocycles. The van der Waals surface area contributed by atoms with Crippen molar-refractivity contribution in [1.82, 2.24) is 4.48 Å². The van der Waals surface area contributed by atoms with Crippen LogP contribution < -0.4 is 4.48 Å². The maximum Gasteiger partial charge on any atom is 0.141 e. The van der Waals surface area contributed by atoms with Crippen LogP contribution in [0.1, 0.15) is 44.5 Å². The lowest BCUT2D eigenvalue weighted by Crippen LogP contribution is -2.36. The smallest absolute Gasteiger partial charge is 0.141 e. The molecular formula is C34H36N+. The van der Waals surface area contributed by atoms with Gasteiger partial charge in [-0.2, -0.15) is 0 Å². The second-order valence-electron chi connectivity index (χ2n) is 11.0. The molecule has 1 heteroatoms. The second kappa shape index (κ2) is 9.13. The molecule has 0 radical (unpaired) electrons. The average Bonchev–Trinajstić information content (AvgIpc) is 2.87. The lowest BCUT2D eigenvalue weighted by molar-refractivity contribution is 0.542. The number of benzene rings is 4. The monoisotopic (exact) mass is 458 g/mol. The van der Waals surface area contributed by atoms with Crippen molar-refractivity contribution in [3.8, 4) is 0 Å². The maximum absolute atomic E-state index is 2.51. The van der Waals surface area contributed by atoms with E-state index in [1.165, 1.54) is 55.9 Å². The van der Waals surface area contributed by atoms with Crippen molar-refractivity contribution in [2.45, 2.75) is 51.4 Å². The molecule has 0 aromatic heterocycles. The van der Waals surface area contributed by atoms with Gasteiger partial charge in [0.15, 0.2) is 0 Å². The number of hydrogen-bond acceptors (Lipinski definition) is 0. The van der Waals surface area contributed by atoms with Gasteiger partial charge in [0.2, 0.25) is 0 Å². The Kier molecular flexibility index (Phi) is 5.82. The summed E-state index contributed by atoms with van der Waals surface area (Å²) >= 11 is 0. The van der Waals surface area contributed by atoms with Crippen molar-refractivity contribution in [2.75, 3.05) is 14.1 Å². The average molecular weight is 459 g/mol. The highest BCUT2D eigenvalue weighted by molar-refractivity contribution is 5.66. The molecule has 12 rings (SSSR count). The highest BCUT2D eigenvalue weighted by atomic mass is 15.3. The van der Waals surface area contributed by atoms with Crippen LogP contribution in [0.5, 0.6) is 0 Å². The molecular weight excluding hydrogens is 422 g/mol. The molecule has 1 nitrogen and oxygen atoms in total. The van der Waals surface area contributed by atoms with Crippen molar-refractivity contribution in [3.63, 3.8) is 0 Å². The molecule has 0 saturated heterocycles. The maximum atomic E-state index is 2.51. The topological polar surface area (TPSA) is 0 Å². The van der Waals surface area contributed by atoms with E-state index in [1.54, 1.807) is 0 Å². The molecule has 0 N–H and O–H groups in total. The standard InChI is InChI=1S/C34H36N/c1-35(2,33-23-29-13-11-25-3-7-27(8-4-25)15-19-31(33)21-17-29)34-24-30-14-12-26-5-9-28(10-6-26)16-20-32(34)22-18-30/h3-10,17-18,21-24H,11-16,19-20H2,1-2H3/q+1. The number of nitrogens with zero attached hydrogens (tertiary/aromatic N) is 1. The third-order valence-corrected chi connectivity index (χ3v) is 8.32. The number of quaternary nitrogens is 1. The number of hydrogen-bond donors (Lipinski definition) is 0.